The Bertz CT molecular complexity index is 484. The van der Waals surface area contributed by atoms with Crippen LogP contribution in [0.4, 0.5) is 4.39 Å². The van der Waals surface area contributed by atoms with E-state index in [1.54, 1.807) is 23.9 Å². The van der Waals surface area contributed by atoms with Crippen molar-refractivity contribution in [3.63, 3.8) is 0 Å². The number of thioether (sulfide) groups is 1. The summed E-state index contributed by atoms with van der Waals surface area (Å²) in [6.45, 7) is 3.02. The fourth-order valence-electron chi connectivity index (χ4n) is 2.76. The summed E-state index contributed by atoms with van der Waals surface area (Å²) >= 11 is 1.78. The predicted octanol–water partition coefficient (Wildman–Crippen LogP) is 2.54. The van der Waals surface area contributed by atoms with Crippen molar-refractivity contribution in [2.75, 3.05) is 38.2 Å². The molecule has 1 aliphatic rings. The van der Waals surface area contributed by atoms with Crippen LogP contribution in [0.5, 0.6) is 5.75 Å². The van der Waals surface area contributed by atoms with Gasteiger partial charge >= 0.3 is 0 Å². The first-order chi connectivity index (χ1) is 11.2. The van der Waals surface area contributed by atoms with Crippen molar-refractivity contribution in [1.82, 2.24) is 10.2 Å². The molecule has 1 amide bonds. The van der Waals surface area contributed by atoms with Crippen molar-refractivity contribution in [3.8, 4) is 5.75 Å². The molecule has 1 fully saturated rings. The molecule has 0 saturated carbocycles. The number of ether oxygens (including phenoxy) is 1. The highest BCUT2D eigenvalue weighted by atomic mass is 32.2. The van der Waals surface area contributed by atoms with Crippen molar-refractivity contribution in [1.29, 1.82) is 0 Å². The second kappa shape index (κ2) is 9.78. The fourth-order valence-corrected chi connectivity index (χ4v) is 3.14. The van der Waals surface area contributed by atoms with Gasteiger partial charge in [-0.25, -0.2) is 4.39 Å². The Balaban J connectivity index is 1.57. The van der Waals surface area contributed by atoms with Gasteiger partial charge in [0.15, 0.2) is 0 Å². The monoisotopic (exact) mass is 340 g/mol. The Morgan fingerprint density at radius 3 is 2.87 bits per heavy atom. The van der Waals surface area contributed by atoms with E-state index < -0.39 is 0 Å². The summed E-state index contributed by atoms with van der Waals surface area (Å²) in [6.07, 6.45) is 4.71. The lowest BCUT2D eigenvalue weighted by atomic mass is 10.1. The van der Waals surface area contributed by atoms with Gasteiger partial charge in [-0.15, -0.1) is 0 Å². The molecule has 0 bridgehead atoms. The summed E-state index contributed by atoms with van der Waals surface area (Å²) in [5.74, 6) is 1.72. The summed E-state index contributed by atoms with van der Waals surface area (Å²) in [4.78, 5) is 13.9. The van der Waals surface area contributed by atoms with Crippen LogP contribution < -0.4 is 10.1 Å². The number of hydrogen-bond acceptors (Lipinski definition) is 4. The molecule has 6 heteroatoms. The number of rotatable bonds is 10. The Morgan fingerprint density at radius 1 is 1.35 bits per heavy atom. The third kappa shape index (κ3) is 6.03. The largest absolute Gasteiger partial charge is 0.492 e. The average molecular weight is 340 g/mol. The summed E-state index contributed by atoms with van der Waals surface area (Å²) < 4.78 is 18.3. The molecule has 4 nitrogen and oxygen atoms in total. The maximum atomic E-state index is 12.8. The predicted molar refractivity (Wildman–Crippen MR) is 92.5 cm³/mol. The van der Waals surface area contributed by atoms with Crippen LogP contribution >= 0.6 is 11.8 Å². The van der Waals surface area contributed by atoms with Gasteiger partial charge in [0.2, 0.25) is 5.91 Å². The molecule has 1 aliphatic heterocycles. The second-order valence-electron chi connectivity index (χ2n) is 5.61. The smallest absolute Gasteiger partial charge is 0.222 e. The number of nitrogens with one attached hydrogen (secondary N) is 1. The summed E-state index contributed by atoms with van der Waals surface area (Å²) in [5.41, 5.74) is 0. The SMILES string of the molecule is CSCCN1C(=O)CCC1CCNCCOc1ccc(F)cc1. The van der Waals surface area contributed by atoms with Crippen LogP contribution in [0.2, 0.25) is 0 Å². The minimum atomic E-state index is -0.257. The van der Waals surface area contributed by atoms with Gasteiger partial charge in [-0.2, -0.15) is 11.8 Å². The minimum Gasteiger partial charge on any atom is -0.492 e. The van der Waals surface area contributed by atoms with Crippen molar-refractivity contribution >= 4 is 17.7 Å². The van der Waals surface area contributed by atoms with Crippen LogP contribution in [0.15, 0.2) is 24.3 Å². The van der Waals surface area contributed by atoms with E-state index in [-0.39, 0.29) is 5.82 Å². The second-order valence-corrected chi connectivity index (χ2v) is 6.60. The zero-order valence-corrected chi connectivity index (χ0v) is 14.4. The maximum Gasteiger partial charge on any atom is 0.222 e. The van der Waals surface area contributed by atoms with Crippen LogP contribution in [-0.4, -0.2) is 55.1 Å². The molecule has 1 atom stereocenters. The lowest BCUT2D eigenvalue weighted by molar-refractivity contribution is -0.128. The molecule has 1 aromatic carbocycles. The Kier molecular flexibility index (Phi) is 7.68. The Hall–Kier alpha value is -1.27. The van der Waals surface area contributed by atoms with E-state index in [1.165, 1.54) is 12.1 Å². The van der Waals surface area contributed by atoms with Crippen molar-refractivity contribution in [2.24, 2.45) is 0 Å². The van der Waals surface area contributed by atoms with Crippen molar-refractivity contribution in [3.05, 3.63) is 30.1 Å². The molecule has 1 saturated heterocycles. The topological polar surface area (TPSA) is 41.6 Å². The summed E-state index contributed by atoms with van der Waals surface area (Å²) in [5, 5.41) is 3.34. The number of benzene rings is 1. The maximum absolute atomic E-state index is 12.8. The third-order valence-electron chi connectivity index (χ3n) is 4.00. The van der Waals surface area contributed by atoms with Crippen molar-refractivity contribution in [2.45, 2.75) is 25.3 Å². The van der Waals surface area contributed by atoms with E-state index in [1.807, 2.05) is 4.90 Å². The van der Waals surface area contributed by atoms with Gasteiger partial charge in [-0.3, -0.25) is 4.79 Å². The van der Waals surface area contributed by atoms with Gasteiger partial charge in [0.1, 0.15) is 18.2 Å². The number of carbonyl (C=O) groups is 1. The molecule has 128 valence electrons. The third-order valence-corrected chi connectivity index (χ3v) is 4.60. The molecule has 1 N–H and O–H groups in total. The Labute approximate surface area is 141 Å². The number of nitrogens with zero attached hydrogens (tertiary/aromatic N) is 1. The van der Waals surface area contributed by atoms with E-state index in [9.17, 15) is 9.18 Å². The van der Waals surface area contributed by atoms with Gasteiger partial charge in [-0.05, 0) is 49.9 Å². The van der Waals surface area contributed by atoms with E-state index in [4.69, 9.17) is 4.74 Å². The summed E-state index contributed by atoms with van der Waals surface area (Å²) in [7, 11) is 0. The summed E-state index contributed by atoms with van der Waals surface area (Å²) in [6, 6.07) is 6.42. The Morgan fingerprint density at radius 2 is 2.13 bits per heavy atom. The van der Waals surface area contributed by atoms with Crippen LogP contribution in [0.1, 0.15) is 19.3 Å². The highest BCUT2D eigenvalue weighted by Crippen LogP contribution is 2.21. The quantitative estimate of drug-likeness (QED) is 0.665. The zero-order chi connectivity index (χ0) is 16.5. The van der Waals surface area contributed by atoms with Crippen LogP contribution in [0.3, 0.4) is 0 Å². The van der Waals surface area contributed by atoms with E-state index >= 15 is 0 Å². The molecule has 1 unspecified atom stereocenters. The van der Waals surface area contributed by atoms with E-state index in [0.29, 0.717) is 30.7 Å². The standard InChI is InChI=1S/C17H25FN2O2S/c1-23-13-11-20-15(4-7-17(20)21)8-9-19-10-12-22-16-5-2-14(18)3-6-16/h2-3,5-6,15,19H,4,7-13H2,1H3. The molecule has 0 aromatic heterocycles. The number of halogens is 1. The fraction of sp³-hybridized carbons (Fsp3) is 0.588. The van der Waals surface area contributed by atoms with Gasteiger partial charge < -0.3 is 15.0 Å². The van der Waals surface area contributed by atoms with Gasteiger partial charge in [0.25, 0.3) is 0 Å². The highest BCUT2D eigenvalue weighted by molar-refractivity contribution is 7.98. The molecular formula is C17H25FN2O2S. The molecular weight excluding hydrogens is 315 g/mol. The number of carbonyl (C=O) groups excluding carboxylic acids is 1. The first-order valence-electron chi connectivity index (χ1n) is 8.08. The molecule has 0 aliphatic carbocycles. The lowest BCUT2D eigenvalue weighted by Gasteiger charge is -2.24. The molecule has 0 radical (unpaired) electrons. The van der Waals surface area contributed by atoms with Gasteiger partial charge in [-0.1, -0.05) is 0 Å². The zero-order valence-electron chi connectivity index (χ0n) is 13.6. The van der Waals surface area contributed by atoms with E-state index in [2.05, 4.69) is 11.6 Å². The van der Waals surface area contributed by atoms with Crippen LogP contribution in [-0.2, 0) is 4.79 Å². The highest BCUT2D eigenvalue weighted by Gasteiger charge is 2.29. The first kappa shape index (κ1) is 18.1. The normalized spacial score (nSPS) is 17.7. The molecule has 0 spiro atoms. The lowest BCUT2D eigenvalue weighted by Crippen LogP contribution is -2.37. The molecule has 23 heavy (non-hydrogen) atoms. The number of amides is 1. The van der Waals surface area contributed by atoms with Crippen LogP contribution in [0, 0.1) is 5.82 Å². The van der Waals surface area contributed by atoms with Crippen molar-refractivity contribution < 1.29 is 13.9 Å². The number of likely N-dealkylation sites (tertiary alicyclic amines) is 1. The van der Waals surface area contributed by atoms with Crippen LogP contribution in [0.25, 0.3) is 0 Å². The van der Waals surface area contributed by atoms with E-state index in [0.717, 1.165) is 38.2 Å². The molecule has 1 heterocycles. The van der Waals surface area contributed by atoms with Gasteiger partial charge in [0.05, 0.1) is 0 Å². The number of hydrogen-bond donors (Lipinski definition) is 1. The van der Waals surface area contributed by atoms with Gasteiger partial charge in [0, 0.05) is 31.3 Å². The molecule has 2 rings (SSSR count). The first-order valence-corrected chi connectivity index (χ1v) is 9.47. The average Bonchev–Trinajstić information content (AvgIpc) is 2.90. The minimum absolute atomic E-state index is 0.257. The molecule has 1 aromatic rings.